The Bertz CT molecular complexity index is 786. The highest BCUT2D eigenvalue weighted by Crippen LogP contribution is 2.29. The van der Waals surface area contributed by atoms with Crippen LogP contribution >= 0.6 is 0 Å². The van der Waals surface area contributed by atoms with Gasteiger partial charge in [0.2, 0.25) is 0 Å². The van der Waals surface area contributed by atoms with Gasteiger partial charge in [0, 0.05) is 37.1 Å². The van der Waals surface area contributed by atoms with E-state index >= 15 is 0 Å². The van der Waals surface area contributed by atoms with E-state index in [0.717, 1.165) is 37.6 Å². The molecule has 2 heterocycles. The number of hydrogen-bond donors (Lipinski definition) is 3. The van der Waals surface area contributed by atoms with Gasteiger partial charge in [0.25, 0.3) is 0 Å². The van der Waals surface area contributed by atoms with Crippen LogP contribution in [0.25, 0.3) is 16.9 Å². The summed E-state index contributed by atoms with van der Waals surface area (Å²) >= 11 is 0. The smallest absolute Gasteiger partial charge is 0.148 e. The number of hydrogen-bond acceptors (Lipinski definition) is 6. The van der Waals surface area contributed by atoms with E-state index in [1.165, 1.54) is 0 Å². The molecule has 0 saturated heterocycles. The van der Waals surface area contributed by atoms with Crippen LogP contribution in [0, 0.1) is 0 Å². The zero-order chi connectivity index (χ0) is 17.5. The fourth-order valence-corrected chi connectivity index (χ4v) is 2.45. The van der Waals surface area contributed by atoms with E-state index in [2.05, 4.69) is 32.9 Å². The van der Waals surface area contributed by atoms with Crippen molar-refractivity contribution < 1.29 is 5.11 Å². The molecular formula is C18H22N6O. The average molecular weight is 338 g/mol. The van der Waals surface area contributed by atoms with Crippen LogP contribution in [0.3, 0.4) is 0 Å². The Morgan fingerprint density at radius 1 is 1.08 bits per heavy atom. The minimum absolute atomic E-state index is 0.145. The van der Waals surface area contributed by atoms with Crippen LogP contribution in [0.5, 0.6) is 5.75 Å². The van der Waals surface area contributed by atoms with E-state index in [1.807, 2.05) is 36.5 Å². The van der Waals surface area contributed by atoms with Crippen LogP contribution < -0.4 is 10.6 Å². The van der Waals surface area contributed by atoms with Gasteiger partial charge in [0.05, 0.1) is 11.4 Å². The van der Waals surface area contributed by atoms with Crippen LogP contribution in [-0.2, 0) is 0 Å². The zero-order valence-corrected chi connectivity index (χ0v) is 14.2. The number of phenolic OH excluding ortho intramolecular Hbond substituents is 1. The van der Waals surface area contributed by atoms with Gasteiger partial charge < -0.3 is 15.7 Å². The van der Waals surface area contributed by atoms with Crippen molar-refractivity contribution in [3.63, 3.8) is 0 Å². The van der Waals surface area contributed by atoms with Crippen LogP contribution in [0.15, 0.2) is 48.8 Å². The standard InChI is InChI=1S/C18H22N6O/c1-2-8-19-10-11-20-18-7-6-16(22-23-18)15-5-4-14(13-17(15)25)24-12-3-9-21-24/h3-7,9,12-13,19,25H,2,8,10-11H2,1H3,(H,20,23). The SMILES string of the molecule is CCCNCCNc1ccc(-c2ccc(-n3cccn3)cc2O)nn1. The number of aromatic hydroxyl groups is 1. The van der Waals surface area contributed by atoms with Crippen molar-refractivity contribution in [2.75, 3.05) is 25.0 Å². The van der Waals surface area contributed by atoms with Crippen molar-refractivity contribution in [2.24, 2.45) is 0 Å². The van der Waals surface area contributed by atoms with Gasteiger partial charge in [-0.1, -0.05) is 6.92 Å². The molecule has 0 fully saturated rings. The molecule has 1 aromatic carbocycles. The third-order valence-electron chi connectivity index (χ3n) is 3.73. The number of phenols is 1. The van der Waals surface area contributed by atoms with Gasteiger partial charge in [-0.05, 0) is 43.3 Å². The molecule has 25 heavy (non-hydrogen) atoms. The molecule has 0 saturated carbocycles. The third-order valence-corrected chi connectivity index (χ3v) is 3.73. The molecule has 0 unspecified atom stereocenters. The maximum atomic E-state index is 10.3. The molecule has 3 rings (SSSR count). The summed E-state index contributed by atoms with van der Waals surface area (Å²) in [6, 6.07) is 10.9. The number of aromatic nitrogens is 4. The van der Waals surface area contributed by atoms with Gasteiger partial charge in [0.1, 0.15) is 11.6 Å². The van der Waals surface area contributed by atoms with Gasteiger partial charge >= 0.3 is 0 Å². The van der Waals surface area contributed by atoms with Crippen molar-refractivity contribution in [1.29, 1.82) is 0 Å². The first-order valence-corrected chi connectivity index (χ1v) is 8.39. The molecule has 7 nitrogen and oxygen atoms in total. The summed E-state index contributed by atoms with van der Waals surface area (Å²) in [6.45, 7) is 4.83. The van der Waals surface area contributed by atoms with E-state index in [0.29, 0.717) is 11.3 Å². The van der Waals surface area contributed by atoms with Crippen LogP contribution in [0.4, 0.5) is 5.82 Å². The lowest BCUT2D eigenvalue weighted by Gasteiger charge is -2.08. The summed E-state index contributed by atoms with van der Waals surface area (Å²) in [5.74, 6) is 0.862. The average Bonchev–Trinajstić information content (AvgIpc) is 3.17. The van der Waals surface area contributed by atoms with Crippen molar-refractivity contribution in [3.8, 4) is 22.7 Å². The number of nitrogens with zero attached hydrogens (tertiary/aromatic N) is 4. The second-order valence-corrected chi connectivity index (χ2v) is 5.63. The van der Waals surface area contributed by atoms with E-state index in [4.69, 9.17) is 0 Å². The summed E-state index contributed by atoms with van der Waals surface area (Å²) in [6.07, 6.45) is 4.64. The third kappa shape index (κ3) is 4.33. The quantitative estimate of drug-likeness (QED) is 0.547. The Kier molecular flexibility index (Phi) is 5.58. The van der Waals surface area contributed by atoms with Crippen LogP contribution in [0.1, 0.15) is 13.3 Å². The fraction of sp³-hybridized carbons (Fsp3) is 0.278. The van der Waals surface area contributed by atoms with Crippen molar-refractivity contribution in [1.82, 2.24) is 25.3 Å². The second-order valence-electron chi connectivity index (χ2n) is 5.63. The lowest BCUT2D eigenvalue weighted by Crippen LogP contribution is -2.23. The second kappa shape index (κ2) is 8.25. The zero-order valence-electron chi connectivity index (χ0n) is 14.2. The first-order chi connectivity index (χ1) is 12.3. The summed E-state index contributed by atoms with van der Waals surface area (Å²) in [7, 11) is 0. The van der Waals surface area contributed by atoms with E-state index in [1.54, 1.807) is 16.9 Å². The predicted molar refractivity (Wildman–Crippen MR) is 97.9 cm³/mol. The van der Waals surface area contributed by atoms with Gasteiger partial charge in [-0.15, -0.1) is 10.2 Å². The van der Waals surface area contributed by atoms with Crippen molar-refractivity contribution in [2.45, 2.75) is 13.3 Å². The Labute approximate surface area is 146 Å². The molecule has 0 amide bonds. The molecule has 0 spiro atoms. The predicted octanol–water partition coefficient (Wildman–Crippen LogP) is 2.45. The molecule has 0 aliphatic heterocycles. The number of rotatable bonds is 8. The molecule has 0 bridgehead atoms. The van der Waals surface area contributed by atoms with E-state index in [-0.39, 0.29) is 5.75 Å². The minimum Gasteiger partial charge on any atom is -0.507 e. The van der Waals surface area contributed by atoms with Crippen molar-refractivity contribution in [3.05, 3.63) is 48.8 Å². The Hall–Kier alpha value is -2.93. The fourth-order valence-electron chi connectivity index (χ4n) is 2.45. The molecule has 7 heteroatoms. The first-order valence-electron chi connectivity index (χ1n) is 8.39. The Balaban J connectivity index is 1.66. The van der Waals surface area contributed by atoms with E-state index < -0.39 is 0 Å². The molecule has 0 atom stereocenters. The van der Waals surface area contributed by atoms with E-state index in [9.17, 15) is 5.11 Å². The largest absolute Gasteiger partial charge is 0.507 e. The Morgan fingerprint density at radius 3 is 2.68 bits per heavy atom. The molecular weight excluding hydrogens is 316 g/mol. The highest BCUT2D eigenvalue weighted by molar-refractivity contribution is 5.68. The normalized spacial score (nSPS) is 10.8. The Morgan fingerprint density at radius 2 is 2.00 bits per heavy atom. The number of anilines is 1. The van der Waals surface area contributed by atoms with Gasteiger partial charge in [-0.25, -0.2) is 4.68 Å². The topological polar surface area (TPSA) is 87.9 Å². The molecule has 3 N–H and O–H groups in total. The summed E-state index contributed by atoms with van der Waals surface area (Å²) in [4.78, 5) is 0. The highest BCUT2D eigenvalue weighted by atomic mass is 16.3. The van der Waals surface area contributed by atoms with Crippen molar-refractivity contribution >= 4 is 5.82 Å². The van der Waals surface area contributed by atoms with Crippen LogP contribution in [0.2, 0.25) is 0 Å². The maximum Gasteiger partial charge on any atom is 0.148 e. The number of nitrogens with one attached hydrogen (secondary N) is 2. The number of benzene rings is 1. The molecule has 2 aromatic heterocycles. The molecule has 3 aromatic rings. The molecule has 0 aliphatic rings. The summed E-state index contributed by atoms with van der Waals surface area (Å²) < 4.78 is 1.69. The lowest BCUT2D eigenvalue weighted by atomic mass is 10.1. The molecule has 0 aliphatic carbocycles. The summed E-state index contributed by atoms with van der Waals surface area (Å²) in [5, 5.41) is 29.4. The summed E-state index contributed by atoms with van der Waals surface area (Å²) in [5.41, 5.74) is 2.05. The lowest BCUT2D eigenvalue weighted by molar-refractivity contribution is 0.476. The maximum absolute atomic E-state index is 10.3. The van der Waals surface area contributed by atoms with Gasteiger partial charge in [-0.2, -0.15) is 5.10 Å². The van der Waals surface area contributed by atoms with Crippen LogP contribution in [-0.4, -0.2) is 44.7 Å². The molecule has 130 valence electrons. The van der Waals surface area contributed by atoms with Gasteiger partial charge in [-0.3, -0.25) is 0 Å². The highest BCUT2D eigenvalue weighted by Gasteiger charge is 2.08. The van der Waals surface area contributed by atoms with Gasteiger partial charge in [0.15, 0.2) is 0 Å². The minimum atomic E-state index is 0.145. The first kappa shape index (κ1) is 16.9. The monoisotopic (exact) mass is 338 g/mol. The molecule has 0 radical (unpaired) electrons.